The molecule has 2 N–H and O–H groups in total. The Balaban J connectivity index is 2.08. The molecule has 1 aromatic carbocycles. The normalized spacial score (nSPS) is 22.9. The Hall–Kier alpha value is -0.860. The van der Waals surface area contributed by atoms with E-state index in [0.717, 1.165) is 0 Å². The molecule has 0 fully saturated rings. The van der Waals surface area contributed by atoms with Crippen molar-refractivity contribution in [3.05, 3.63) is 35.4 Å². The molecule has 2 nitrogen and oxygen atoms in total. The Bertz CT molecular complexity index is 364. The quantitative estimate of drug-likeness (QED) is 0.838. The van der Waals surface area contributed by atoms with Crippen LogP contribution in [0, 0.1) is 5.92 Å². The molecule has 0 saturated heterocycles. The average molecular weight is 233 g/mol. The topological polar surface area (TPSA) is 32.3 Å². The van der Waals surface area contributed by atoms with Gasteiger partial charge in [-0.3, -0.25) is 0 Å². The molecule has 0 bridgehead atoms. The van der Waals surface area contributed by atoms with E-state index in [1.807, 2.05) is 0 Å². The number of aryl methyl sites for hydroxylation is 1. The summed E-state index contributed by atoms with van der Waals surface area (Å²) in [5, 5.41) is 12.9. The van der Waals surface area contributed by atoms with Crippen LogP contribution in [0.3, 0.4) is 0 Å². The molecular weight excluding hydrogens is 210 g/mol. The van der Waals surface area contributed by atoms with Crippen LogP contribution in [0.5, 0.6) is 0 Å². The molecule has 17 heavy (non-hydrogen) atoms. The minimum absolute atomic E-state index is 0.253. The second-order valence-electron chi connectivity index (χ2n) is 5.26. The standard InChI is InChI=1S/C15H23NO/c1-11(10-17)12(2)16-15-9-5-7-13-6-3-4-8-14(13)15/h3-4,6,8,11-12,15-17H,5,7,9-10H2,1-2H3. The number of hydrogen-bond donors (Lipinski definition) is 2. The van der Waals surface area contributed by atoms with Crippen LogP contribution in [-0.2, 0) is 6.42 Å². The number of benzene rings is 1. The maximum atomic E-state index is 9.19. The van der Waals surface area contributed by atoms with E-state index in [1.165, 1.54) is 30.4 Å². The molecule has 0 spiro atoms. The highest BCUT2D eigenvalue weighted by Gasteiger charge is 2.22. The van der Waals surface area contributed by atoms with Crippen LogP contribution < -0.4 is 5.32 Å². The summed E-state index contributed by atoms with van der Waals surface area (Å²) in [6.45, 7) is 4.51. The molecule has 1 aliphatic rings. The van der Waals surface area contributed by atoms with Gasteiger partial charge in [0.2, 0.25) is 0 Å². The molecule has 0 saturated carbocycles. The summed E-state index contributed by atoms with van der Waals surface area (Å²) in [5.74, 6) is 0.309. The second kappa shape index (κ2) is 5.65. The van der Waals surface area contributed by atoms with Crippen molar-refractivity contribution in [3.63, 3.8) is 0 Å². The van der Waals surface area contributed by atoms with Gasteiger partial charge in [-0.25, -0.2) is 0 Å². The van der Waals surface area contributed by atoms with Gasteiger partial charge in [-0.2, -0.15) is 0 Å². The van der Waals surface area contributed by atoms with E-state index >= 15 is 0 Å². The van der Waals surface area contributed by atoms with Gasteiger partial charge in [0.25, 0.3) is 0 Å². The van der Waals surface area contributed by atoms with Crippen molar-refractivity contribution in [2.45, 2.75) is 45.2 Å². The van der Waals surface area contributed by atoms with Crippen LogP contribution in [0.25, 0.3) is 0 Å². The lowest BCUT2D eigenvalue weighted by atomic mass is 9.87. The van der Waals surface area contributed by atoms with Crippen molar-refractivity contribution in [1.29, 1.82) is 0 Å². The minimum atomic E-state index is 0.253. The van der Waals surface area contributed by atoms with E-state index in [1.54, 1.807) is 0 Å². The third-order valence-electron chi connectivity index (χ3n) is 3.98. The zero-order chi connectivity index (χ0) is 12.3. The van der Waals surface area contributed by atoms with Gasteiger partial charge >= 0.3 is 0 Å². The molecule has 0 aromatic heterocycles. The Labute approximate surface area is 104 Å². The van der Waals surface area contributed by atoms with Crippen LogP contribution in [0.1, 0.15) is 43.9 Å². The van der Waals surface area contributed by atoms with Crippen molar-refractivity contribution in [2.75, 3.05) is 6.61 Å². The first-order valence-corrected chi connectivity index (χ1v) is 6.67. The number of fused-ring (bicyclic) bond motifs is 1. The van der Waals surface area contributed by atoms with Gasteiger partial charge in [0.15, 0.2) is 0 Å². The van der Waals surface area contributed by atoms with Gasteiger partial charge < -0.3 is 10.4 Å². The van der Waals surface area contributed by atoms with E-state index < -0.39 is 0 Å². The highest BCUT2D eigenvalue weighted by atomic mass is 16.3. The fraction of sp³-hybridized carbons (Fsp3) is 0.600. The lowest BCUT2D eigenvalue weighted by Crippen LogP contribution is -2.38. The lowest BCUT2D eigenvalue weighted by molar-refractivity contribution is 0.198. The van der Waals surface area contributed by atoms with Gasteiger partial charge in [-0.1, -0.05) is 31.2 Å². The summed E-state index contributed by atoms with van der Waals surface area (Å²) in [7, 11) is 0. The molecule has 0 amide bonds. The summed E-state index contributed by atoms with van der Waals surface area (Å²) >= 11 is 0. The molecule has 94 valence electrons. The third kappa shape index (κ3) is 2.88. The second-order valence-corrected chi connectivity index (χ2v) is 5.26. The minimum Gasteiger partial charge on any atom is -0.396 e. The van der Waals surface area contributed by atoms with Crippen molar-refractivity contribution in [2.24, 2.45) is 5.92 Å². The zero-order valence-electron chi connectivity index (χ0n) is 10.8. The number of rotatable bonds is 4. The lowest BCUT2D eigenvalue weighted by Gasteiger charge is -2.31. The zero-order valence-corrected chi connectivity index (χ0v) is 10.8. The Morgan fingerprint density at radius 2 is 2.12 bits per heavy atom. The Morgan fingerprint density at radius 3 is 2.88 bits per heavy atom. The van der Waals surface area contributed by atoms with Gasteiger partial charge in [0, 0.05) is 18.7 Å². The number of aliphatic hydroxyl groups excluding tert-OH is 1. The Kier molecular flexibility index (Phi) is 4.19. The van der Waals surface area contributed by atoms with Crippen LogP contribution >= 0.6 is 0 Å². The first-order valence-electron chi connectivity index (χ1n) is 6.67. The summed E-state index contributed by atoms with van der Waals surface area (Å²) < 4.78 is 0. The summed E-state index contributed by atoms with van der Waals surface area (Å²) in [4.78, 5) is 0. The average Bonchev–Trinajstić information content (AvgIpc) is 2.38. The van der Waals surface area contributed by atoms with Crippen LogP contribution in [0.2, 0.25) is 0 Å². The van der Waals surface area contributed by atoms with Crippen LogP contribution in [0.15, 0.2) is 24.3 Å². The maximum Gasteiger partial charge on any atom is 0.0471 e. The molecule has 3 unspecified atom stereocenters. The highest BCUT2D eigenvalue weighted by Crippen LogP contribution is 2.30. The van der Waals surface area contributed by atoms with E-state index in [9.17, 15) is 5.11 Å². The number of nitrogens with one attached hydrogen (secondary N) is 1. The predicted molar refractivity (Wildman–Crippen MR) is 71.0 cm³/mol. The van der Waals surface area contributed by atoms with Gasteiger partial charge in [-0.15, -0.1) is 0 Å². The van der Waals surface area contributed by atoms with Crippen molar-refractivity contribution in [1.82, 2.24) is 5.32 Å². The largest absolute Gasteiger partial charge is 0.396 e. The fourth-order valence-corrected chi connectivity index (χ4v) is 2.57. The van der Waals surface area contributed by atoms with E-state index in [0.29, 0.717) is 18.0 Å². The highest BCUT2D eigenvalue weighted by molar-refractivity contribution is 5.32. The van der Waals surface area contributed by atoms with Crippen molar-refractivity contribution in [3.8, 4) is 0 Å². The molecule has 0 aliphatic heterocycles. The number of hydrogen-bond acceptors (Lipinski definition) is 2. The fourth-order valence-electron chi connectivity index (χ4n) is 2.57. The SMILES string of the molecule is CC(CO)C(C)NC1CCCc2ccccc21. The molecule has 0 heterocycles. The molecule has 1 aromatic rings. The van der Waals surface area contributed by atoms with E-state index in [-0.39, 0.29) is 6.61 Å². The number of aliphatic hydroxyl groups is 1. The molecule has 1 aliphatic carbocycles. The third-order valence-corrected chi connectivity index (χ3v) is 3.98. The molecule has 2 heteroatoms. The molecule has 2 rings (SSSR count). The summed E-state index contributed by atoms with van der Waals surface area (Å²) in [6.07, 6.45) is 3.67. The summed E-state index contributed by atoms with van der Waals surface area (Å²) in [6, 6.07) is 9.55. The molecular formula is C15H23NO. The van der Waals surface area contributed by atoms with E-state index in [2.05, 4.69) is 43.4 Å². The van der Waals surface area contributed by atoms with E-state index in [4.69, 9.17) is 0 Å². The van der Waals surface area contributed by atoms with Crippen LogP contribution in [-0.4, -0.2) is 17.8 Å². The van der Waals surface area contributed by atoms with Gasteiger partial charge in [-0.05, 0) is 43.2 Å². The van der Waals surface area contributed by atoms with Gasteiger partial charge in [0.1, 0.15) is 0 Å². The smallest absolute Gasteiger partial charge is 0.0471 e. The first kappa shape index (κ1) is 12.6. The van der Waals surface area contributed by atoms with Gasteiger partial charge in [0.05, 0.1) is 0 Å². The van der Waals surface area contributed by atoms with Crippen molar-refractivity contribution < 1.29 is 5.11 Å². The first-order chi connectivity index (χ1) is 8.22. The molecule has 3 atom stereocenters. The van der Waals surface area contributed by atoms with Crippen LogP contribution in [0.4, 0.5) is 0 Å². The Morgan fingerprint density at radius 1 is 1.35 bits per heavy atom. The van der Waals surface area contributed by atoms with Crippen molar-refractivity contribution >= 4 is 0 Å². The summed E-state index contributed by atoms with van der Waals surface area (Å²) in [5.41, 5.74) is 2.94. The molecule has 0 radical (unpaired) electrons. The monoisotopic (exact) mass is 233 g/mol. The predicted octanol–water partition coefficient (Wildman–Crippen LogP) is 2.67. The maximum absolute atomic E-state index is 9.19.